The highest BCUT2D eigenvalue weighted by Gasteiger charge is 2.34. The van der Waals surface area contributed by atoms with Crippen LogP contribution < -0.4 is 0 Å². The van der Waals surface area contributed by atoms with Gasteiger partial charge in [-0.05, 0) is 43.1 Å². The lowest BCUT2D eigenvalue weighted by molar-refractivity contribution is -0.145. The fourth-order valence-corrected chi connectivity index (χ4v) is 3.46. The summed E-state index contributed by atoms with van der Waals surface area (Å²) in [6.45, 7) is 2.21. The fraction of sp³-hybridized carbons (Fsp3) is 0.733. The maximum atomic E-state index is 11.4. The van der Waals surface area contributed by atoms with Gasteiger partial charge >= 0.3 is 5.97 Å². The monoisotopic (exact) mass is 264 g/mol. The average Bonchev–Trinajstić information content (AvgIpc) is 2.75. The number of hydrogen-bond acceptors (Lipinski definition) is 2. The van der Waals surface area contributed by atoms with Gasteiger partial charge in [0, 0.05) is 13.2 Å². The quantitative estimate of drug-likeness (QED) is 0.889. The van der Waals surface area contributed by atoms with E-state index < -0.39 is 5.97 Å². The number of aryl methyl sites for hydroxylation is 1. The van der Waals surface area contributed by atoms with Crippen LogP contribution in [0.2, 0.25) is 0 Å². The molecule has 1 aliphatic carbocycles. The summed E-state index contributed by atoms with van der Waals surface area (Å²) in [7, 11) is 1.90. The van der Waals surface area contributed by atoms with Crippen LogP contribution in [0, 0.1) is 17.8 Å². The molecule has 3 atom stereocenters. The Labute approximate surface area is 114 Å². The van der Waals surface area contributed by atoms with E-state index in [-0.39, 0.29) is 11.8 Å². The second-order valence-electron chi connectivity index (χ2n) is 5.90. The molecule has 3 unspecified atom stereocenters. The minimum Gasteiger partial charge on any atom is -0.481 e. The first kappa shape index (κ1) is 14.1. The SMILES string of the molecule is CCCC1CCC(C(=O)O)C(Cc2cnn(C)c2)C1. The van der Waals surface area contributed by atoms with E-state index in [4.69, 9.17) is 0 Å². The van der Waals surface area contributed by atoms with Gasteiger partial charge in [-0.3, -0.25) is 9.48 Å². The summed E-state index contributed by atoms with van der Waals surface area (Å²) in [5, 5.41) is 13.6. The largest absolute Gasteiger partial charge is 0.481 e. The van der Waals surface area contributed by atoms with E-state index in [2.05, 4.69) is 12.0 Å². The molecular weight excluding hydrogens is 240 g/mol. The van der Waals surface area contributed by atoms with Crippen LogP contribution >= 0.6 is 0 Å². The van der Waals surface area contributed by atoms with Crippen LogP contribution in [0.3, 0.4) is 0 Å². The van der Waals surface area contributed by atoms with Crippen molar-refractivity contribution in [2.24, 2.45) is 24.8 Å². The molecule has 1 fully saturated rings. The second-order valence-corrected chi connectivity index (χ2v) is 5.90. The van der Waals surface area contributed by atoms with Gasteiger partial charge in [0.15, 0.2) is 0 Å². The van der Waals surface area contributed by atoms with Crippen LogP contribution in [-0.2, 0) is 18.3 Å². The number of hydrogen-bond donors (Lipinski definition) is 1. The van der Waals surface area contributed by atoms with Crippen LogP contribution in [0.1, 0.15) is 44.6 Å². The van der Waals surface area contributed by atoms with Crippen molar-refractivity contribution in [1.82, 2.24) is 9.78 Å². The van der Waals surface area contributed by atoms with Gasteiger partial charge in [-0.1, -0.05) is 19.8 Å². The van der Waals surface area contributed by atoms with Crippen LogP contribution in [0.15, 0.2) is 12.4 Å². The van der Waals surface area contributed by atoms with Gasteiger partial charge in [0.1, 0.15) is 0 Å². The summed E-state index contributed by atoms with van der Waals surface area (Å²) in [4.78, 5) is 11.4. The molecule has 0 aromatic carbocycles. The van der Waals surface area contributed by atoms with E-state index in [0.29, 0.717) is 5.92 Å². The highest BCUT2D eigenvalue weighted by molar-refractivity contribution is 5.70. The Kier molecular flexibility index (Phi) is 4.61. The number of nitrogens with zero attached hydrogens (tertiary/aromatic N) is 2. The molecule has 0 aliphatic heterocycles. The van der Waals surface area contributed by atoms with Gasteiger partial charge in [0.2, 0.25) is 0 Å². The lowest BCUT2D eigenvalue weighted by atomic mass is 9.71. The summed E-state index contributed by atoms with van der Waals surface area (Å²) in [6, 6.07) is 0. The molecule has 106 valence electrons. The van der Waals surface area contributed by atoms with Crippen LogP contribution in [0.5, 0.6) is 0 Å². The smallest absolute Gasteiger partial charge is 0.306 e. The molecule has 0 saturated heterocycles. The van der Waals surface area contributed by atoms with E-state index in [1.807, 2.05) is 19.4 Å². The summed E-state index contributed by atoms with van der Waals surface area (Å²) in [5.41, 5.74) is 1.16. The van der Waals surface area contributed by atoms with Crippen LogP contribution in [-0.4, -0.2) is 20.9 Å². The fourth-order valence-electron chi connectivity index (χ4n) is 3.46. The first-order chi connectivity index (χ1) is 9.10. The first-order valence-electron chi connectivity index (χ1n) is 7.30. The summed E-state index contributed by atoms with van der Waals surface area (Å²) >= 11 is 0. The molecule has 4 nitrogen and oxygen atoms in total. The zero-order valence-corrected chi connectivity index (χ0v) is 11.9. The molecule has 4 heteroatoms. The van der Waals surface area contributed by atoms with E-state index in [0.717, 1.165) is 31.2 Å². The molecule has 1 aromatic heterocycles. The summed E-state index contributed by atoms with van der Waals surface area (Å²) in [5.74, 6) is 0.187. The van der Waals surface area contributed by atoms with E-state index >= 15 is 0 Å². The Balaban J connectivity index is 2.04. The van der Waals surface area contributed by atoms with Gasteiger partial charge in [-0.2, -0.15) is 5.10 Å². The molecule has 0 radical (unpaired) electrons. The molecule has 1 saturated carbocycles. The molecule has 1 N–H and O–H groups in total. The minimum absolute atomic E-state index is 0.173. The molecule has 19 heavy (non-hydrogen) atoms. The van der Waals surface area contributed by atoms with Crippen molar-refractivity contribution in [2.45, 2.75) is 45.4 Å². The van der Waals surface area contributed by atoms with Crippen molar-refractivity contribution in [3.05, 3.63) is 18.0 Å². The number of aromatic nitrogens is 2. The number of aliphatic carboxylic acids is 1. The van der Waals surface area contributed by atoms with Gasteiger partial charge < -0.3 is 5.11 Å². The van der Waals surface area contributed by atoms with E-state index in [1.54, 1.807) is 4.68 Å². The van der Waals surface area contributed by atoms with Crippen LogP contribution in [0.25, 0.3) is 0 Å². The first-order valence-corrected chi connectivity index (χ1v) is 7.30. The van der Waals surface area contributed by atoms with Crippen LogP contribution in [0.4, 0.5) is 0 Å². The Hall–Kier alpha value is -1.32. The predicted octanol–water partition coefficient (Wildman–Crippen LogP) is 2.88. The van der Waals surface area contributed by atoms with Crippen molar-refractivity contribution < 1.29 is 9.90 Å². The van der Waals surface area contributed by atoms with Crippen molar-refractivity contribution >= 4 is 5.97 Å². The van der Waals surface area contributed by atoms with Crippen molar-refractivity contribution in [1.29, 1.82) is 0 Å². The third-order valence-corrected chi connectivity index (χ3v) is 4.36. The summed E-state index contributed by atoms with van der Waals surface area (Å²) < 4.78 is 1.79. The Bertz CT molecular complexity index is 428. The molecule has 0 spiro atoms. The predicted molar refractivity (Wildman–Crippen MR) is 73.8 cm³/mol. The lowest BCUT2D eigenvalue weighted by Crippen LogP contribution is -2.32. The van der Waals surface area contributed by atoms with Gasteiger partial charge in [-0.25, -0.2) is 0 Å². The van der Waals surface area contributed by atoms with Gasteiger partial charge in [-0.15, -0.1) is 0 Å². The standard InChI is InChI=1S/C15H24N2O2/c1-3-4-11-5-6-14(15(18)19)13(7-11)8-12-9-16-17(2)10-12/h9-11,13-14H,3-8H2,1-2H3,(H,18,19). The Morgan fingerprint density at radius 1 is 1.53 bits per heavy atom. The number of carbonyl (C=O) groups is 1. The minimum atomic E-state index is -0.621. The highest BCUT2D eigenvalue weighted by Crippen LogP contribution is 2.38. The highest BCUT2D eigenvalue weighted by atomic mass is 16.4. The average molecular weight is 264 g/mol. The van der Waals surface area contributed by atoms with Crippen molar-refractivity contribution in [3.8, 4) is 0 Å². The Morgan fingerprint density at radius 2 is 2.32 bits per heavy atom. The third-order valence-electron chi connectivity index (χ3n) is 4.36. The summed E-state index contributed by atoms with van der Waals surface area (Å²) in [6.07, 6.45) is 10.1. The topological polar surface area (TPSA) is 55.1 Å². The van der Waals surface area contributed by atoms with Gasteiger partial charge in [0.25, 0.3) is 0 Å². The second kappa shape index (κ2) is 6.22. The maximum absolute atomic E-state index is 11.4. The maximum Gasteiger partial charge on any atom is 0.306 e. The molecular formula is C15H24N2O2. The third kappa shape index (κ3) is 3.58. The normalized spacial score (nSPS) is 27.4. The molecule has 1 aromatic rings. The molecule has 0 amide bonds. The van der Waals surface area contributed by atoms with E-state index in [9.17, 15) is 9.90 Å². The molecule has 1 heterocycles. The molecule has 0 bridgehead atoms. The van der Waals surface area contributed by atoms with Crippen molar-refractivity contribution in [3.63, 3.8) is 0 Å². The zero-order valence-electron chi connectivity index (χ0n) is 11.9. The molecule has 1 aliphatic rings. The van der Waals surface area contributed by atoms with Gasteiger partial charge in [0.05, 0.1) is 12.1 Å². The lowest BCUT2D eigenvalue weighted by Gasteiger charge is -2.33. The molecule has 2 rings (SSSR count). The number of rotatable bonds is 5. The van der Waals surface area contributed by atoms with E-state index in [1.165, 1.54) is 12.8 Å². The Morgan fingerprint density at radius 3 is 2.89 bits per heavy atom. The zero-order chi connectivity index (χ0) is 13.8. The van der Waals surface area contributed by atoms with Crippen molar-refractivity contribution in [2.75, 3.05) is 0 Å². The number of carboxylic acids is 1. The number of carboxylic acid groups (broad SMARTS) is 1.